The maximum atomic E-state index is 13.6. The van der Waals surface area contributed by atoms with Crippen LogP contribution >= 0.6 is 0 Å². The van der Waals surface area contributed by atoms with E-state index < -0.39 is 39.5 Å². The van der Waals surface area contributed by atoms with E-state index in [2.05, 4.69) is 16.2 Å². The normalized spacial score (nSPS) is 18.9. The summed E-state index contributed by atoms with van der Waals surface area (Å²) in [5.74, 6) is 1.12. The monoisotopic (exact) mass is 593 g/mol. The van der Waals surface area contributed by atoms with E-state index in [4.69, 9.17) is 16.3 Å². The Morgan fingerprint density at radius 2 is 1.95 bits per heavy atom. The number of alkyl halides is 3. The Labute approximate surface area is 236 Å². The fraction of sp³-hybridized carbons (Fsp3) is 0.429. The number of sulfonamides is 1. The zero-order valence-corrected chi connectivity index (χ0v) is 23.1. The Morgan fingerprint density at radius 3 is 2.56 bits per heavy atom. The molecule has 1 atom stereocenters. The zero-order valence-electron chi connectivity index (χ0n) is 22.2. The average molecular weight is 594 g/mol. The number of benzene rings is 2. The summed E-state index contributed by atoms with van der Waals surface area (Å²) in [6, 6.07) is 7.70. The number of ether oxygens (including phenoxy) is 1. The van der Waals surface area contributed by atoms with Crippen LogP contribution in [0.1, 0.15) is 51.9 Å². The van der Waals surface area contributed by atoms with E-state index in [0.29, 0.717) is 5.56 Å². The second-order valence-electron chi connectivity index (χ2n) is 10.1. The average Bonchev–Trinajstić information content (AvgIpc) is 3.22. The van der Waals surface area contributed by atoms with E-state index >= 15 is 0 Å². The molecule has 9 nitrogen and oxygen atoms in total. The number of aliphatic imine (C=N–C) groups is 1. The molecule has 1 unspecified atom stereocenters. The van der Waals surface area contributed by atoms with Crippen LogP contribution in [0.4, 0.5) is 13.2 Å². The third kappa shape index (κ3) is 6.83. The molecule has 13 heteroatoms. The summed E-state index contributed by atoms with van der Waals surface area (Å²) in [7, 11) is -3.68. The van der Waals surface area contributed by atoms with E-state index in [1.807, 2.05) is 0 Å². The number of hydrogen-bond donors (Lipinski definition) is 3. The van der Waals surface area contributed by atoms with Gasteiger partial charge in [0.25, 0.3) is 0 Å². The molecule has 1 fully saturated rings. The van der Waals surface area contributed by atoms with Crippen LogP contribution in [0.15, 0.2) is 41.4 Å². The topological polar surface area (TPSA) is 129 Å². The largest absolute Gasteiger partial charge is 0.493 e. The number of carbonyl (C=O) groups is 1. The molecule has 2 aromatic carbocycles. The molecule has 0 bridgehead atoms. The number of carboxylic acids is 1. The Hall–Kier alpha value is -3.60. The Kier molecular flexibility index (Phi) is 8.67. The molecule has 2 aliphatic heterocycles. The maximum absolute atomic E-state index is 13.6. The molecule has 0 radical (unpaired) electrons. The summed E-state index contributed by atoms with van der Waals surface area (Å²) < 4.78 is 73.6. The lowest BCUT2D eigenvalue weighted by Crippen LogP contribution is -2.58. The summed E-state index contributed by atoms with van der Waals surface area (Å²) >= 11 is 0. The number of halogens is 3. The van der Waals surface area contributed by atoms with E-state index in [1.54, 1.807) is 13.0 Å². The summed E-state index contributed by atoms with van der Waals surface area (Å²) in [6.07, 6.45) is 0.0158. The fourth-order valence-corrected chi connectivity index (χ4v) is 6.43. The highest BCUT2D eigenvalue weighted by Gasteiger charge is 2.47. The number of aliphatic hydroxyl groups excluding tert-OH is 1. The van der Waals surface area contributed by atoms with Gasteiger partial charge in [0.15, 0.2) is 6.23 Å². The molecule has 41 heavy (non-hydrogen) atoms. The molecule has 4 rings (SSSR count). The van der Waals surface area contributed by atoms with Gasteiger partial charge in [0, 0.05) is 25.1 Å². The molecule has 1 saturated heterocycles. The predicted octanol–water partition coefficient (Wildman–Crippen LogP) is 3.19. The summed E-state index contributed by atoms with van der Waals surface area (Å²) in [6.45, 7) is 1.91. The van der Waals surface area contributed by atoms with Crippen LogP contribution in [0.25, 0.3) is 0 Å². The third-order valence-electron chi connectivity index (χ3n) is 7.36. The van der Waals surface area contributed by atoms with Gasteiger partial charge < -0.3 is 20.3 Å². The molecule has 220 valence electrons. The van der Waals surface area contributed by atoms with Gasteiger partial charge in [-0.15, -0.1) is 12.3 Å². The number of piperidine rings is 1. The molecule has 0 saturated carbocycles. The van der Waals surface area contributed by atoms with Crippen molar-refractivity contribution in [1.29, 1.82) is 0 Å². The maximum Gasteiger partial charge on any atom is 0.416 e. The molecular weight excluding hydrogens is 563 g/mol. The number of aryl methyl sites for hydroxylation is 2. The highest BCUT2D eigenvalue weighted by atomic mass is 32.2. The van der Waals surface area contributed by atoms with Crippen molar-refractivity contribution in [2.75, 3.05) is 25.4 Å². The first-order chi connectivity index (χ1) is 19.2. The molecule has 1 spiro atoms. The van der Waals surface area contributed by atoms with Crippen molar-refractivity contribution in [2.45, 2.75) is 50.6 Å². The molecule has 2 heterocycles. The molecule has 0 aliphatic carbocycles. The Balaban J connectivity index is 1.43. The van der Waals surface area contributed by atoms with Gasteiger partial charge in [-0.05, 0) is 67.6 Å². The van der Waals surface area contributed by atoms with Crippen molar-refractivity contribution in [3.8, 4) is 18.1 Å². The lowest BCUT2D eigenvalue weighted by molar-refractivity contribution is -0.137. The fourth-order valence-electron chi connectivity index (χ4n) is 4.96. The van der Waals surface area contributed by atoms with Crippen LogP contribution in [0.3, 0.4) is 0 Å². The first-order valence-electron chi connectivity index (χ1n) is 12.9. The van der Waals surface area contributed by atoms with E-state index in [9.17, 15) is 31.5 Å². The highest BCUT2D eigenvalue weighted by molar-refractivity contribution is 7.89. The summed E-state index contributed by atoms with van der Waals surface area (Å²) in [4.78, 5) is 15.3. The van der Waals surface area contributed by atoms with Crippen LogP contribution in [-0.4, -0.2) is 72.0 Å². The minimum Gasteiger partial charge on any atom is -0.493 e. The Morgan fingerprint density at radius 1 is 1.24 bits per heavy atom. The number of terminal acetylenes is 1. The first-order valence-corrected chi connectivity index (χ1v) is 14.5. The van der Waals surface area contributed by atoms with Crippen LogP contribution in [0, 0.1) is 19.3 Å². The molecular formula is C28H30F3N3O6S. The van der Waals surface area contributed by atoms with Crippen molar-refractivity contribution in [2.24, 2.45) is 4.99 Å². The SMILES string of the molecule is C#CCCOc1cc(C2=NC(O)C3(CCN(S(=O)(=O)CCc4ccc(C(=O)O)cc4C)CC3)N2)cc(C(F)(F)F)c1. The van der Waals surface area contributed by atoms with Gasteiger partial charge in [0.05, 0.1) is 29.0 Å². The minimum absolute atomic E-state index is 0.0290. The lowest BCUT2D eigenvalue weighted by atomic mass is 9.87. The third-order valence-corrected chi connectivity index (χ3v) is 9.23. The van der Waals surface area contributed by atoms with Gasteiger partial charge in [0.2, 0.25) is 10.0 Å². The number of hydrogen-bond acceptors (Lipinski definition) is 7. The quantitative estimate of drug-likeness (QED) is 0.301. The number of nitrogens with one attached hydrogen (secondary N) is 1. The molecule has 0 amide bonds. The zero-order chi connectivity index (χ0) is 30.0. The smallest absolute Gasteiger partial charge is 0.416 e. The van der Waals surface area contributed by atoms with Crippen molar-refractivity contribution < 1.29 is 41.3 Å². The van der Waals surface area contributed by atoms with Crippen molar-refractivity contribution >= 4 is 21.8 Å². The van der Waals surface area contributed by atoms with Gasteiger partial charge >= 0.3 is 12.1 Å². The van der Waals surface area contributed by atoms with Crippen LogP contribution in [0.5, 0.6) is 5.75 Å². The van der Waals surface area contributed by atoms with Crippen LogP contribution in [-0.2, 0) is 22.6 Å². The predicted molar refractivity (Wildman–Crippen MR) is 145 cm³/mol. The van der Waals surface area contributed by atoms with Crippen LogP contribution < -0.4 is 10.1 Å². The van der Waals surface area contributed by atoms with E-state index in [0.717, 1.165) is 17.7 Å². The molecule has 0 aromatic heterocycles. The number of aliphatic hydroxyl groups is 1. The number of amidine groups is 1. The van der Waals surface area contributed by atoms with Gasteiger partial charge in [0.1, 0.15) is 11.6 Å². The number of nitrogens with zero attached hydrogens (tertiary/aromatic N) is 2. The molecule has 2 aliphatic rings. The van der Waals surface area contributed by atoms with E-state index in [-0.39, 0.29) is 73.8 Å². The highest BCUT2D eigenvalue weighted by Crippen LogP contribution is 2.36. The Bertz CT molecular complexity index is 1490. The second kappa shape index (κ2) is 11.7. The lowest BCUT2D eigenvalue weighted by Gasteiger charge is -2.40. The number of carboxylic acid groups (broad SMARTS) is 1. The van der Waals surface area contributed by atoms with Gasteiger partial charge in [-0.2, -0.15) is 13.2 Å². The van der Waals surface area contributed by atoms with Gasteiger partial charge in [-0.25, -0.2) is 22.5 Å². The number of aromatic carboxylic acids is 1. The van der Waals surface area contributed by atoms with E-state index in [1.165, 1.54) is 22.5 Å². The molecule has 2 aromatic rings. The number of rotatable bonds is 9. The van der Waals surface area contributed by atoms with Crippen molar-refractivity contribution in [3.63, 3.8) is 0 Å². The standard InChI is InChI=1S/C28H30F3N3O6S/c1-3-4-12-40-23-16-21(15-22(17-23)28(29,30)31)24-32-26(37)27(33-24)8-10-34(11-9-27)41(38,39)13-7-19-5-6-20(25(35)36)14-18(19)2/h1,5-6,14-17,26,37H,4,7-13H2,2H3,(H,32,33)(H,35,36). The van der Waals surface area contributed by atoms with Crippen LogP contribution in [0.2, 0.25) is 0 Å². The second-order valence-corrected chi connectivity index (χ2v) is 12.2. The summed E-state index contributed by atoms with van der Waals surface area (Å²) in [5, 5.41) is 23.0. The van der Waals surface area contributed by atoms with Crippen molar-refractivity contribution in [3.05, 3.63) is 64.2 Å². The summed E-state index contributed by atoms with van der Waals surface area (Å²) in [5.41, 5.74) is -0.382. The molecule has 3 N–H and O–H groups in total. The minimum atomic E-state index is -4.65. The first kappa shape index (κ1) is 30.4. The van der Waals surface area contributed by atoms with Gasteiger partial charge in [-0.1, -0.05) is 6.07 Å². The van der Waals surface area contributed by atoms with Gasteiger partial charge in [-0.3, -0.25) is 0 Å². The van der Waals surface area contributed by atoms with Crippen molar-refractivity contribution in [1.82, 2.24) is 9.62 Å².